The smallest absolute Gasteiger partial charge is 0.387 e. The van der Waals surface area contributed by atoms with Crippen molar-refractivity contribution in [3.05, 3.63) is 40.3 Å². The maximum Gasteiger partial charge on any atom is 0.387 e. The molecule has 4 rings (SSSR count). The van der Waals surface area contributed by atoms with Crippen molar-refractivity contribution in [3.63, 3.8) is 0 Å². The van der Waals surface area contributed by atoms with E-state index in [0.717, 1.165) is 41.5 Å². The molecule has 2 heterocycles. The van der Waals surface area contributed by atoms with Gasteiger partial charge in [0.15, 0.2) is 5.82 Å². The number of benzene rings is 1. The number of carbonyl (C=O) groups excluding carboxylic acids is 2. The highest BCUT2D eigenvalue weighted by Crippen LogP contribution is 2.39. The number of rotatable bonds is 8. The summed E-state index contributed by atoms with van der Waals surface area (Å²) in [7, 11) is 0. The maximum absolute atomic E-state index is 12.5. The van der Waals surface area contributed by atoms with Crippen LogP contribution in [-0.2, 0) is 17.6 Å². The summed E-state index contributed by atoms with van der Waals surface area (Å²) in [6.45, 7) is -2.91. The number of nitrogens with two attached hydrogens (primary N) is 2. The van der Waals surface area contributed by atoms with Crippen LogP contribution in [0.5, 0.6) is 5.75 Å². The van der Waals surface area contributed by atoms with Gasteiger partial charge in [-0.05, 0) is 49.1 Å². The van der Waals surface area contributed by atoms with Crippen molar-refractivity contribution in [1.29, 1.82) is 0 Å². The lowest BCUT2D eigenvalue weighted by Gasteiger charge is -2.07. The number of aryl methyl sites for hydroxylation is 1. The number of hydrogen-bond acceptors (Lipinski definition) is 8. The fourth-order valence-corrected chi connectivity index (χ4v) is 5.37. The molecule has 2 amide bonds. The number of nitrogens with one attached hydrogen (secondary N) is 1. The van der Waals surface area contributed by atoms with Gasteiger partial charge in [-0.1, -0.05) is 11.8 Å². The highest BCUT2D eigenvalue weighted by atomic mass is 32.2. The largest absolute Gasteiger partial charge is 0.435 e. The predicted octanol–water partition coefficient (Wildman–Crippen LogP) is 2.64. The Labute approximate surface area is 189 Å². The van der Waals surface area contributed by atoms with Crippen LogP contribution in [0.15, 0.2) is 29.4 Å². The van der Waals surface area contributed by atoms with Crippen molar-refractivity contribution in [2.75, 3.05) is 16.9 Å². The molecule has 5 N–H and O–H groups in total. The van der Waals surface area contributed by atoms with Crippen LogP contribution in [0.1, 0.15) is 27.2 Å². The normalized spacial score (nSPS) is 12.7. The monoisotopic (exact) mass is 480 g/mol. The number of anilines is 1. The average molecular weight is 481 g/mol. The molecule has 0 unspecified atom stereocenters. The van der Waals surface area contributed by atoms with E-state index in [-0.39, 0.29) is 22.6 Å². The van der Waals surface area contributed by atoms with E-state index in [0.29, 0.717) is 22.0 Å². The number of fused-ring (bicyclic) bond motifs is 1. The number of ether oxygens (including phenoxy) is 1. The van der Waals surface area contributed by atoms with Crippen molar-refractivity contribution in [3.8, 4) is 17.1 Å². The number of halogens is 2. The van der Waals surface area contributed by atoms with Gasteiger partial charge in [-0.3, -0.25) is 9.59 Å². The van der Waals surface area contributed by atoms with Gasteiger partial charge in [0.1, 0.15) is 10.8 Å². The molecule has 0 aliphatic heterocycles. The van der Waals surface area contributed by atoms with Gasteiger partial charge in [0.25, 0.3) is 5.91 Å². The highest BCUT2D eigenvalue weighted by Gasteiger charge is 2.26. The molecular formula is C19H18F2N6O3S2. The minimum absolute atomic E-state index is 0.00740. The van der Waals surface area contributed by atoms with Gasteiger partial charge in [-0.25, -0.2) is 4.68 Å². The van der Waals surface area contributed by atoms with E-state index in [2.05, 4.69) is 20.3 Å². The molecule has 13 heteroatoms. The number of aromatic nitrogens is 3. The summed E-state index contributed by atoms with van der Waals surface area (Å²) in [5.74, 6) is 5.43. The average Bonchev–Trinajstić information content (AvgIpc) is 3.41. The van der Waals surface area contributed by atoms with Crippen LogP contribution in [0.4, 0.5) is 13.8 Å². The van der Waals surface area contributed by atoms with Gasteiger partial charge in [0.2, 0.25) is 11.1 Å². The molecule has 0 atom stereocenters. The Balaban J connectivity index is 1.40. The van der Waals surface area contributed by atoms with Crippen LogP contribution in [0, 0.1) is 0 Å². The Morgan fingerprint density at radius 2 is 2.00 bits per heavy atom. The molecule has 0 bridgehead atoms. The highest BCUT2D eigenvalue weighted by molar-refractivity contribution is 7.99. The first kappa shape index (κ1) is 22.0. The van der Waals surface area contributed by atoms with Crippen LogP contribution in [-0.4, -0.2) is 39.1 Å². The number of thioether (sulfide) groups is 1. The molecule has 1 aliphatic rings. The second kappa shape index (κ2) is 9.12. The Kier molecular flexibility index (Phi) is 6.28. The molecule has 1 aliphatic carbocycles. The lowest BCUT2D eigenvalue weighted by atomic mass is 10.1. The number of alkyl halides is 2. The first-order chi connectivity index (χ1) is 15.3. The predicted molar refractivity (Wildman–Crippen MR) is 116 cm³/mol. The molecule has 2 aromatic heterocycles. The minimum Gasteiger partial charge on any atom is -0.435 e. The number of primary amides is 1. The summed E-state index contributed by atoms with van der Waals surface area (Å²) in [5.41, 5.74) is 7.38. The van der Waals surface area contributed by atoms with Gasteiger partial charge in [-0.15, -0.1) is 21.5 Å². The summed E-state index contributed by atoms with van der Waals surface area (Å²) in [6, 6.07) is 5.78. The van der Waals surface area contributed by atoms with E-state index in [1.807, 2.05) is 0 Å². The zero-order valence-electron chi connectivity index (χ0n) is 16.5. The molecule has 1 aromatic carbocycles. The second-order valence-corrected chi connectivity index (χ2v) is 8.89. The van der Waals surface area contributed by atoms with E-state index < -0.39 is 12.5 Å². The third-order valence-corrected chi connectivity index (χ3v) is 6.91. The number of carbonyl (C=O) groups is 2. The summed E-state index contributed by atoms with van der Waals surface area (Å²) >= 11 is 2.44. The Hall–Kier alpha value is -3.19. The molecule has 0 saturated carbocycles. The van der Waals surface area contributed by atoms with Crippen LogP contribution < -0.4 is 21.6 Å². The topological polar surface area (TPSA) is 138 Å². The maximum atomic E-state index is 12.5. The molecule has 0 spiro atoms. The SMILES string of the molecule is NC(=O)c1c(NC(=O)CSc2nnc(-c3ccc(OC(F)F)cc3)n2N)sc2c1CCC2. The first-order valence-electron chi connectivity index (χ1n) is 9.46. The number of hydrogen-bond donors (Lipinski definition) is 3. The summed E-state index contributed by atoms with van der Waals surface area (Å²) in [5, 5.41) is 11.5. The first-order valence-corrected chi connectivity index (χ1v) is 11.3. The molecule has 168 valence electrons. The van der Waals surface area contributed by atoms with Crippen molar-refractivity contribution in [1.82, 2.24) is 14.9 Å². The number of amides is 2. The zero-order valence-corrected chi connectivity index (χ0v) is 18.1. The molecule has 9 nitrogen and oxygen atoms in total. The lowest BCUT2D eigenvalue weighted by molar-refractivity contribution is -0.113. The number of nitrogens with zero attached hydrogens (tertiary/aromatic N) is 3. The van der Waals surface area contributed by atoms with Crippen molar-refractivity contribution in [2.45, 2.75) is 31.0 Å². The van der Waals surface area contributed by atoms with Crippen molar-refractivity contribution < 1.29 is 23.1 Å². The fourth-order valence-electron chi connectivity index (χ4n) is 3.40. The van der Waals surface area contributed by atoms with Gasteiger partial charge < -0.3 is 21.6 Å². The van der Waals surface area contributed by atoms with E-state index in [4.69, 9.17) is 11.6 Å². The van der Waals surface area contributed by atoms with Crippen molar-refractivity contribution >= 4 is 39.9 Å². The molecule has 3 aromatic rings. The van der Waals surface area contributed by atoms with Crippen LogP contribution in [0.25, 0.3) is 11.4 Å². The van der Waals surface area contributed by atoms with E-state index >= 15 is 0 Å². The van der Waals surface area contributed by atoms with Gasteiger partial charge in [0, 0.05) is 10.4 Å². The van der Waals surface area contributed by atoms with Gasteiger partial charge >= 0.3 is 6.61 Å². The number of thiophene rings is 1. The fraction of sp³-hybridized carbons (Fsp3) is 0.263. The van der Waals surface area contributed by atoms with Gasteiger partial charge in [0.05, 0.1) is 11.3 Å². The third-order valence-electron chi connectivity index (χ3n) is 4.76. The molecule has 0 saturated heterocycles. The molecular weight excluding hydrogens is 462 g/mol. The summed E-state index contributed by atoms with van der Waals surface area (Å²) in [6.07, 6.45) is 2.63. The van der Waals surface area contributed by atoms with E-state index in [1.165, 1.54) is 40.3 Å². The Bertz CT molecular complexity index is 1160. The lowest BCUT2D eigenvalue weighted by Crippen LogP contribution is -2.19. The summed E-state index contributed by atoms with van der Waals surface area (Å²) < 4.78 is 30.1. The summed E-state index contributed by atoms with van der Waals surface area (Å²) in [4.78, 5) is 25.4. The van der Waals surface area contributed by atoms with Gasteiger partial charge in [-0.2, -0.15) is 8.78 Å². The van der Waals surface area contributed by atoms with Crippen LogP contribution in [0.2, 0.25) is 0 Å². The number of nitrogen functional groups attached to an aromatic ring is 1. The van der Waals surface area contributed by atoms with E-state index in [9.17, 15) is 18.4 Å². The minimum atomic E-state index is -2.91. The quantitative estimate of drug-likeness (QED) is 0.333. The van der Waals surface area contributed by atoms with Crippen LogP contribution >= 0.6 is 23.1 Å². The Morgan fingerprint density at radius 3 is 2.69 bits per heavy atom. The van der Waals surface area contributed by atoms with E-state index in [1.54, 1.807) is 0 Å². The zero-order chi connectivity index (χ0) is 22.8. The standard InChI is InChI=1S/C19H18F2N6O3S2/c20-18(21)30-10-6-4-9(5-7-10)16-25-26-19(27(16)23)31-8-13(28)24-17-14(15(22)29)11-2-1-3-12(11)32-17/h4-7,18H,1-3,8,23H2,(H2,22,29)(H,24,28). The second-order valence-electron chi connectivity index (χ2n) is 6.84. The van der Waals surface area contributed by atoms with Crippen molar-refractivity contribution in [2.24, 2.45) is 5.73 Å². The van der Waals surface area contributed by atoms with Crippen LogP contribution in [0.3, 0.4) is 0 Å². The molecule has 0 radical (unpaired) electrons. The molecule has 32 heavy (non-hydrogen) atoms. The Morgan fingerprint density at radius 1 is 1.25 bits per heavy atom. The third kappa shape index (κ3) is 4.53. The molecule has 0 fully saturated rings.